The molecule has 0 unspecified atom stereocenters. The Morgan fingerprint density at radius 2 is 2.13 bits per heavy atom. The number of nitrogens with one attached hydrogen (secondary N) is 1. The van der Waals surface area contributed by atoms with Crippen LogP contribution in [0.5, 0.6) is 0 Å². The topological polar surface area (TPSA) is 71.8 Å². The minimum atomic E-state index is 0.0272. The van der Waals surface area contributed by atoms with Gasteiger partial charge in [0.05, 0.1) is 5.75 Å². The number of halogens is 1. The highest BCUT2D eigenvalue weighted by Crippen LogP contribution is 2.25. The van der Waals surface area contributed by atoms with Gasteiger partial charge in [0.25, 0.3) is 5.22 Å². The maximum absolute atomic E-state index is 12.2. The van der Waals surface area contributed by atoms with Crippen LogP contribution in [0.2, 0.25) is 5.02 Å². The van der Waals surface area contributed by atoms with Crippen molar-refractivity contribution in [3.8, 4) is 11.5 Å². The van der Waals surface area contributed by atoms with Gasteiger partial charge in [-0.05, 0) is 38.1 Å². The Morgan fingerprint density at radius 1 is 1.30 bits per heavy atom. The molecule has 1 N–H and O–H groups in total. The summed E-state index contributed by atoms with van der Waals surface area (Å²) < 4.78 is 5.57. The van der Waals surface area contributed by atoms with E-state index in [4.69, 9.17) is 16.0 Å². The fraction of sp³-hybridized carbons (Fsp3) is 0.188. The Bertz CT molecular complexity index is 857. The molecule has 0 atom stereocenters. The van der Waals surface area contributed by atoms with Crippen molar-refractivity contribution in [1.82, 2.24) is 15.2 Å². The molecule has 0 spiro atoms. The molecule has 2 aromatic heterocycles. The first-order chi connectivity index (χ1) is 11.0. The molecule has 23 heavy (non-hydrogen) atoms. The average Bonchev–Trinajstić information content (AvgIpc) is 3.11. The fourth-order valence-electron chi connectivity index (χ4n) is 2.22. The number of hydrogen-bond donors (Lipinski definition) is 1. The van der Waals surface area contributed by atoms with Crippen LogP contribution in [0.25, 0.3) is 11.5 Å². The lowest BCUT2D eigenvalue weighted by Gasteiger charge is -1.97. The lowest BCUT2D eigenvalue weighted by Crippen LogP contribution is -2.02. The van der Waals surface area contributed by atoms with E-state index in [1.165, 1.54) is 11.8 Å². The monoisotopic (exact) mass is 347 g/mol. The van der Waals surface area contributed by atoms with Crippen molar-refractivity contribution in [3.05, 3.63) is 52.3 Å². The molecule has 118 valence electrons. The number of carbonyl (C=O) groups is 1. The first-order valence-corrected chi connectivity index (χ1v) is 8.31. The quantitative estimate of drug-likeness (QED) is 0.550. The molecule has 0 bridgehead atoms. The Morgan fingerprint density at radius 3 is 2.83 bits per heavy atom. The van der Waals surface area contributed by atoms with Gasteiger partial charge in [0.2, 0.25) is 5.89 Å². The Balaban J connectivity index is 1.68. The number of hydrogen-bond acceptors (Lipinski definition) is 5. The maximum Gasteiger partial charge on any atom is 0.277 e. The average molecular weight is 348 g/mol. The molecule has 0 amide bonds. The van der Waals surface area contributed by atoms with Gasteiger partial charge in [-0.2, -0.15) is 0 Å². The third-order valence-electron chi connectivity index (χ3n) is 3.25. The minimum absolute atomic E-state index is 0.0272. The summed E-state index contributed by atoms with van der Waals surface area (Å²) >= 11 is 7.17. The Kier molecular flexibility index (Phi) is 4.54. The molecule has 1 aromatic carbocycles. The van der Waals surface area contributed by atoms with Crippen LogP contribution in [-0.2, 0) is 0 Å². The van der Waals surface area contributed by atoms with E-state index in [1.54, 1.807) is 12.1 Å². The standard InChI is InChI=1S/C16H14ClN3O2S/c1-9-6-13(10(2)18-9)14(21)8-23-16-20-19-15(22-16)11-4-3-5-12(17)7-11/h3-7,18H,8H2,1-2H3. The van der Waals surface area contributed by atoms with E-state index in [0.717, 1.165) is 17.0 Å². The summed E-state index contributed by atoms with van der Waals surface area (Å²) in [5.41, 5.74) is 3.29. The second-order valence-corrected chi connectivity index (χ2v) is 6.45. The van der Waals surface area contributed by atoms with Crippen LogP contribution in [-0.4, -0.2) is 26.7 Å². The molecule has 5 nitrogen and oxygen atoms in total. The number of rotatable bonds is 5. The van der Waals surface area contributed by atoms with Crippen LogP contribution in [0, 0.1) is 13.8 Å². The number of H-pyrrole nitrogens is 1. The second kappa shape index (κ2) is 6.60. The van der Waals surface area contributed by atoms with E-state index in [0.29, 0.717) is 21.7 Å². The summed E-state index contributed by atoms with van der Waals surface area (Å²) in [6.07, 6.45) is 0. The molecular formula is C16H14ClN3O2S. The molecule has 3 rings (SSSR count). The fourth-order valence-corrected chi connectivity index (χ4v) is 3.06. The Labute approximate surface area is 142 Å². The van der Waals surface area contributed by atoms with Crippen LogP contribution >= 0.6 is 23.4 Å². The van der Waals surface area contributed by atoms with E-state index in [9.17, 15) is 4.79 Å². The molecule has 0 saturated heterocycles. The number of aryl methyl sites for hydroxylation is 2. The molecular weight excluding hydrogens is 334 g/mol. The van der Waals surface area contributed by atoms with Crippen LogP contribution in [0.3, 0.4) is 0 Å². The van der Waals surface area contributed by atoms with Gasteiger partial charge >= 0.3 is 0 Å². The van der Waals surface area contributed by atoms with Crippen LogP contribution in [0.15, 0.2) is 40.0 Å². The first-order valence-electron chi connectivity index (χ1n) is 6.94. The van der Waals surface area contributed by atoms with Gasteiger partial charge in [-0.1, -0.05) is 29.4 Å². The lowest BCUT2D eigenvalue weighted by atomic mass is 10.2. The molecule has 3 aromatic rings. The van der Waals surface area contributed by atoms with Gasteiger partial charge in [0.1, 0.15) is 0 Å². The number of aromatic nitrogens is 3. The van der Waals surface area contributed by atoms with Crippen molar-refractivity contribution in [2.45, 2.75) is 19.1 Å². The van der Waals surface area contributed by atoms with Gasteiger partial charge in [-0.15, -0.1) is 10.2 Å². The third kappa shape index (κ3) is 3.65. The predicted octanol–water partition coefficient (Wildman–Crippen LogP) is 4.31. The first kappa shape index (κ1) is 15.8. The summed E-state index contributed by atoms with van der Waals surface area (Å²) in [5.74, 6) is 0.658. The van der Waals surface area contributed by atoms with Crippen molar-refractivity contribution in [2.24, 2.45) is 0 Å². The highest BCUT2D eigenvalue weighted by molar-refractivity contribution is 7.99. The molecule has 0 fully saturated rings. The normalized spacial score (nSPS) is 10.9. The van der Waals surface area contributed by atoms with E-state index in [1.807, 2.05) is 32.0 Å². The molecule has 2 heterocycles. The van der Waals surface area contributed by atoms with Crippen molar-refractivity contribution in [1.29, 1.82) is 0 Å². The van der Waals surface area contributed by atoms with E-state index in [-0.39, 0.29) is 11.5 Å². The smallest absolute Gasteiger partial charge is 0.277 e. The zero-order valence-electron chi connectivity index (χ0n) is 12.6. The van der Waals surface area contributed by atoms with Crippen LogP contribution < -0.4 is 0 Å². The molecule has 0 saturated carbocycles. The van der Waals surface area contributed by atoms with Crippen LogP contribution in [0.1, 0.15) is 21.7 Å². The van der Waals surface area contributed by atoms with Gasteiger partial charge in [-0.3, -0.25) is 4.79 Å². The second-order valence-electron chi connectivity index (χ2n) is 5.09. The van der Waals surface area contributed by atoms with Gasteiger partial charge in [0, 0.05) is 27.5 Å². The molecule has 0 aliphatic heterocycles. The van der Waals surface area contributed by atoms with Crippen LogP contribution in [0.4, 0.5) is 0 Å². The van der Waals surface area contributed by atoms with E-state index >= 15 is 0 Å². The Hall–Kier alpha value is -2.05. The summed E-state index contributed by atoms with van der Waals surface area (Å²) in [5, 5.41) is 8.90. The summed E-state index contributed by atoms with van der Waals surface area (Å²) in [6, 6.07) is 9.03. The van der Waals surface area contributed by atoms with Crippen molar-refractivity contribution in [2.75, 3.05) is 5.75 Å². The predicted molar refractivity (Wildman–Crippen MR) is 90.1 cm³/mol. The number of aromatic amines is 1. The highest BCUT2D eigenvalue weighted by atomic mass is 35.5. The molecule has 0 radical (unpaired) electrons. The molecule has 7 heteroatoms. The maximum atomic E-state index is 12.2. The van der Waals surface area contributed by atoms with E-state index < -0.39 is 0 Å². The number of carbonyl (C=O) groups excluding carboxylic acids is 1. The zero-order chi connectivity index (χ0) is 16.4. The number of Topliss-reactive ketones (excluding diaryl/α,β-unsaturated/α-hetero) is 1. The van der Waals surface area contributed by atoms with Crippen molar-refractivity contribution in [3.63, 3.8) is 0 Å². The lowest BCUT2D eigenvalue weighted by molar-refractivity contribution is 0.102. The van der Waals surface area contributed by atoms with E-state index in [2.05, 4.69) is 15.2 Å². The molecule has 0 aliphatic rings. The molecule has 0 aliphatic carbocycles. The van der Waals surface area contributed by atoms with Crippen molar-refractivity contribution >= 4 is 29.1 Å². The minimum Gasteiger partial charge on any atom is -0.411 e. The summed E-state index contributed by atoms with van der Waals surface area (Å²) in [7, 11) is 0. The third-order valence-corrected chi connectivity index (χ3v) is 4.31. The van der Waals surface area contributed by atoms with Gasteiger partial charge < -0.3 is 9.40 Å². The summed E-state index contributed by atoms with van der Waals surface area (Å²) in [4.78, 5) is 15.3. The van der Waals surface area contributed by atoms with Gasteiger partial charge in [-0.25, -0.2) is 0 Å². The van der Waals surface area contributed by atoms with Gasteiger partial charge in [0.15, 0.2) is 5.78 Å². The summed E-state index contributed by atoms with van der Waals surface area (Å²) in [6.45, 7) is 3.81. The number of thioether (sulfide) groups is 1. The van der Waals surface area contributed by atoms with Crippen molar-refractivity contribution < 1.29 is 9.21 Å². The number of ketones is 1. The number of benzene rings is 1. The SMILES string of the molecule is Cc1cc(C(=O)CSc2nnc(-c3cccc(Cl)c3)o2)c(C)[nH]1. The highest BCUT2D eigenvalue weighted by Gasteiger charge is 2.15. The largest absolute Gasteiger partial charge is 0.411 e. The zero-order valence-corrected chi connectivity index (χ0v) is 14.2. The number of nitrogens with zero attached hydrogens (tertiary/aromatic N) is 2.